The SMILES string of the molecule is O=C(NC1(CBr)CCCC1)c1cc(Cl)ccc1Cl. The predicted octanol–water partition coefficient (Wildman–Crippen LogP) is 4.43. The van der Waals surface area contributed by atoms with Gasteiger partial charge in [-0.3, -0.25) is 4.79 Å². The van der Waals surface area contributed by atoms with Crippen molar-refractivity contribution in [2.45, 2.75) is 31.2 Å². The molecule has 98 valence electrons. The van der Waals surface area contributed by atoms with Crippen molar-refractivity contribution >= 4 is 45.0 Å². The smallest absolute Gasteiger partial charge is 0.253 e. The molecule has 0 aliphatic heterocycles. The monoisotopic (exact) mass is 349 g/mol. The second-order valence-electron chi connectivity index (χ2n) is 4.70. The van der Waals surface area contributed by atoms with Gasteiger partial charge in [-0.1, -0.05) is 52.0 Å². The fraction of sp³-hybridized carbons (Fsp3) is 0.462. The van der Waals surface area contributed by atoms with E-state index in [1.54, 1.807) is 18.2 Å². The molecule has 1 aliphatic carbocycles. The number of carbonyl (C=O) groups is 1. The highest BCUT2D eigenvalue weighted by Crippen LogP contribution is 2.32. The molecular weight excluding hydrogens is 337 g/mol. The Hall–Kier alpha value is -0.250. The van der Waals surface area contributed by atoms with E-state index >= 15 is 0 Å². The summed E-state index contributed by atoms with van der Waals surface area (Å²) in [6.45, 7) is 0. The quantitative estimate of drug-likeness (QED) is 0.802. The van der Waals surface area contributed by atoms with E-state index < -0.39 is 0 Å². The van der Waals surface area contributed by atoms with Gasteiger partial charge in [0.05, 0.1) is 16.1 Å². The van der Waals surface area contributed by atoms with Crippen LogP contribution in [0.25, 0.3) is 0 Å². The lowest BCUT2D eigenvalue weighted by Crippen LogP contribution is -2.47. The van der Waals surface area contributed by atoms with Gasteiger partial charge in [-0.15, -0.1) is 0 Å². The minimum Gasteiger partial charge on any atom is -0.346 e. The largest absolute Gasteiger partial charge is 0.346 e. The molecule has 1 aromatic rings. The molecule has 0 bridgehead atoms. The Labute approximate surface area is 125 Å². The van der Waals surface area contributed by atoms with Crippen LogP contribution in [0.5, 0.6) is 0 Å². The maximum Gasteiger partial charge on any atom is 0.253 e. The van der Waals surface area contributed by atoms with Crippen molar-refractivity contribution < 1.29 is 4.79 Å². The Kier molecular flexibility index (Phi) is 4.57. The van der Waals surface area contributed by atoms with Crippen LogP contribution < -0.4 is 5.32 Å². The Balaban J connectivity index is 2.18. The van der Waals surface area contributed by atoms with Crippen LogP contribution in [-0.2, 0) is 0 Å². The van der Waals surface area contributed by atoms with E-state index in [0.29, 0.717) is 15.6 Å². The average molecular weight is 351 g/mol. The van der Waals surface area contributed by atoms with Gasteiger partial charge in [-0.05, 0) is 31.0 Å². The van der Waals surface area contributed by atoms with Crippen LogP contribution in [0.3, 0.4) is 0 Å². The Morgan fingerprint density at radius 3 is 2.61 bits per heavy atom. The van der Waals surface area contributed by atoms with Crippen LogP contribution in [0.4, 0.5) is 0 Å². The van der Waals surface area contributed by atoms with Crippen molar-refractivity contribution in [1.29, 1.82) is 0 Å². The van der Waals surface area contributed by atoms with E-state index in [9.17, 15) is 4.79 Å². The van der Waals surface area contributed by atoms with Crippen molar-refractivity contribution in [2.75, 3.05) is 5.33 Å². The van der Waals surface area contributed by atoms with E-state index in [1.165, 1.54) is 0 Å². The highest BCUT2D eigenvalue weighted by Gasteiger charge is 2.34. The Morgan fingerprint density at radius 1 is 1.33 bits per heavy atom. The molecule has 0 atom stereocenters. The van der Waals surface area contributed by atoms with Crippen LogP contribution in [0.1, 0.15) is 36.0 Å². The van der Waals surface area contributed by atoms with Gasteiger partial charge in [0.1, 0.15) is 0 Å². The summed E-state index contributed by atoms with van der Waals surface area (Å²) in [5, 5.41) is 4.81. The van der Waals surface area contributed by atoms with Crippen molar-refractivity contribution in [1.82, 2.24) is 5.32 Å². The standard InChI is InChI=1S/C13H14BrCl2NO/c14-8-13(5-1-2-6-13)17-12(18)10-7-9(15)3-4-11(10)16/h3-4,7H,1-2,5-6,8H2,(H,17,18). The lowest BCUT2D eigenvalue weighted by molar-refractivity contribution is 0.0910. The van der Waals surface area contributed by atoms with E-state index in [4.69, 9.17) is 23.2 Å². The average Bonchev–Trinajstić information content (AvgIpc) is 2.81. The van der Waals surface area contributed by atoms with Crippen molar-refractivity contribution in [3.63, 3.8) is 0 Å². The van der Waals surface area contributed by atoms with Crippen LogP contribution in [0.2, 0.25) is 10.0 Å². The fourth-order valence-corrected chi connectivity index (χ4v) is 3.40. The van der Waals surface area contributed by atoms with Crippen LogP contribution >= 0.6 is 39.1 Å². The number of nitrogens with one attached hydrogen (secondary N) is 1. The molecule has 2 nitrogen and oxygen atoms in total. The Morgan fingerprint density at radius 2 is 2.00 bits per heavy atom. The number of carbonyl (C=O) groups excluding carboxylic acids is 1. The van der Waals surface area contributed by atoms with Gasteiger partial charge in [0.25, 0.3) is 5.91 Å². The van der Waals surface area contributed by atoms with Gasteiger partial charge in [-0.2, -0.15) is 0 Å². The summed E-state index contributed by atoms with van der Waals surface area (Å²) < 4.78 is 0. The second kappa shape index (κ2) is 5.81. The van der Waals surface area contributed by atoms with Gasteiger partial charge < -0.3 is 5.32 Å². The minimum atomic E-state index is -0.149. The van der Waals surface area contributed by atoms with E-state index in [2.05, 4.69) is 21.2 Å². The second-order valence-corrected chi connectivity index (χ2v) is 6.10. The van der Waals surface area contributed by atoms with Crippen molar-refractivity contribution in [3.8, 4) is 0 Å². The third-order valence-corrected chi connectivity index (χ3v) is 5.01. The molecule has 0 radical (unpaired) electrons. The first kappa shape index (κ1) is 14.2. The van der Waals surface area contributed by atoms with Crippen LogP contribution in [0.15, 0.2) is 18.2 Å². The summed E-state index contributed by atoms with van der Waals surface area (Å²) in [7, 11) is 0. The van der Waals surface area contributed by atoms with Gasteiger partial charge in [0.15, 0.2) is 0 Å². The predicted molar refractivity (Wildman–Crippen MR) is 78.9 cm³/mol. The maximum atomic E-state index is 12.3. The summed E-state index contributed by atoms with van der Waals surface area (Å²) in [4.78, 5) is 12.3. The summed E-state index contributed by atoms with van der Waals surface area (Å²) in [5.74, 6) is -0.149. The summed E-state index contributed by atoms with van der Waals surface area (Å²) in [6, 6.07) is 4.93. The number of benzene rings is 1. The molecular formula is C13H14BrCl2NO. The van der Waals surface area contributed by atoms with E-state index in [-0.39, 0.29) is 11.4 Å². The minimum absolute atomic E-state index is 0.136. The highest BCUT2D eigenvalue weighted by atomic mass is 79.9. The lowest BCUT2D eigenvalue weighted by Gasteiger charge is -2.28. The van der Waals surface area contributed by atoms with Gasteiger partial charge in [-0.25, -0.2) is 0 Å². The fourth-order valence-electron chi connectivity index (χ4n) is 2.32. The van der Waals surface area contributed by atoms with Crippen LogP contribution in [-0.4, -0.2) is 16.8 Å². The first-order chi connectivity index (χ1) is 8.56. The van der Waals surface area contributed by atoms with Crippen molar-refractivity contribution in [3.05, 3.63) is 33.8 Å². The number of hydrogen-bond donors (Lipinski definition) is 1. The molecule has 0 unspecified atom stereocenters. The molecule has 1 amide bonds. The van der Waals surface area contributed by atoms with E-state index in [1.807, 2.05) is 0 Å². The van der Waals surface area contributed by atoms with Gasteiger partial charge in [0.2, 0.25) is 0 Å². The molecule has 1 N–H and O–H groups in total. The van der Waals surface area contributed by atoms with Crippen LogP contribution in [0, 0.1) is 0 Å². The molecule has 0 spiro atoms. The number of hydrogen-bond acceptors (Lipinski definition) is 1. The summed E-state index contributed by atoms with van der Waals surface area (Å²) in [5.41, 5.74) is 0.305. The number of alkyl halides is 1. The normalized spacial score (nSPS) is 17.7. The maximum absolute atomic E-state index is 12.3. The zero-order valence-corrected chi connectivity index (χ0v) is 12.9. The number of halogens is 3. The zero-order valence-electron chi connectivity index (χ0n) is 9.81. The summed E-state index contributed by atoms with van der Waals surface area (Å²) in [6.07, 6.45) is 4.30. The first-order valence-electron chi connectivity index (χ1n) is 5.90. The zero-order chi connectivity index (χ0) is 13.2. The molecule has 1 saturated carbocycles. The first-order valence-corrected chi connectivity index (χ1v) is 7.78. The van der Waals surface area contributed by atoms with Gasteiger partial charge >= 0.3 is 0 Å². The molecule has 1 aromatic carbocycles. The third kappa shape index (κ3) is 3.01. The molecule has 1 fully saturated rings. The molecule has 18 heavy (non-hydrogen) atoms. The molecule has 2 rings (SSSR count). The van der Waals surface area contributed by atoms with Gasteiger partial charge in [0, 0.05) is 10.4 Å². The molecule has 1 aliphatic rings. The number of rotatable bonds is 3. The highest BCUT2D eigenvalue weighted by molar-refractivity contribution is 9.09. The topological polar surface area (TPSA) is 29.1 Å². The lowest BCUT2D eigenvalue weighted by atomic mass is 10.00. The Bertz CT molecular complexity index is 458. The molecule has 5 heteroatoms. The summed E-state index contributed by atoms with van der Waals surface area (Å²) >= 11 is 15.4. The van der Waals surface area contributed by atoms with Crippen molar-refractivity contribution in [2.24, 2.45) is 0 Å². The molecule has 0 aromatic heterocycles. The third-order valence-electron chi connectivity index (χ3n) is 3.37. The molecule has 0 saturated heterocycles. The molecule has 0 heterocycles. The van der Waals surface area contributed by atoms with E-state index in [0.717, 1.165) is 31.0 Å². The number of amides is 1.